The normalized spacial score (nSPS) is 17.1. The number of piperazine rings is 1. The van der Waals surface area contributed by atoms with Crippen LogP contribution in [-0.4, -0.2) is 48.2 Å². The molecule has 0 radical (unpaired) electrons. The number of benzene rings is 3. The molecule has 186 valence electrons. The van der Waals surface area contributed by atoms with E-state index in [1.54, 1.807) is 0 Å². The van der Waals surface area contributed by atoms with Gasteiger partial charge < -0.3 is 9.64 Å². The molecule has 0 aromatic heterocycles. The molecule has 1 aliphatic carbocycles. The molecule has 1 saturated carbocycles. The summed E-state index contributed by atoms with van der Waals surface area (Å²) < 4.78 is 6.03. The van der Waals surface area contributed by atoms with Crippen LogP contribution in [0.15, 0.2) is 72.8 Å². The Morgan fingerprint density at radius 3 is 2.28 bits per heavy atom. The Morgan fingerprint density at radius 1 is 0.861 bits per heavy atom. The molecule has 5 nitrogen and oxygen atoms in total. The van der Waals surface area contributed by atoms with E-state index in [-0.39, 0.29) is 5.91 Å². The highest BCUT2D eigenvalue weighted by atomic mass is 16.5. The summed E-state index contributed by atoms with van der Waals surface area (Å²) in [6.45, 7) is 4.10. The van der Waals surface area contributed by atoms with Gasteiger partial charge in [0.25, 0.3) is 5.91 Å². The van der Waals surface area contributed by atoms with E-state index in [9.17, 15) is 9.59 Å². The van der Waals surface area contributed by atoms with Gasteiger partial charge in [0, 0.05) is 38.3 Å². The number of ether oxygens (including phenoxy) is 1. The van der Waals surface area contributed by atoms with Gasteiger partial charge in [0.1, 0.15) is 11.5 Å². The van der Waals surface area contributed by atoms with E-state index in [0.717, 1.165) is 39.0 Å². The monoisotopic (exact) mass is 482 g/mol. The first kappa shape index (κ1) is 24.3. The first-order chi connectivity index (χ1) is 17.7. The molecule has 2 fully saturated rings. The fourth-order valence-corrected chi connectivity index (χ4v) is 5.37. The van der Waals surface area contributed by atoms with Crippen LogP contribution in [0.25, 0.3) is 0 Å². The molecule has 5 rings (SSSR count). The Morgan fingerprint density at radius 2 is 1.58 bits per heavy atom. The van der Waals surface area contributed by atoms with E-state index >= 15 is 0 Å². The average Bonchev–Trinajstić information content (AvgIpc) is 2.95. The van der Waals surface area contributed by atoms with Crippen molar-refractivity contribution in [3.63, 3.8) is 0 Å². The molecule has 1 aliphatic heterocycles. The number of amides is 1. The second-order valence-electron chi connectivity index (χ2n) is 9.93. The van der Waals surface area contributed by atoms with Gasteiger partial charge in [-0.3, -0.25) is 14.5 Å². The van der Waals surface area contributed by atoms with Crippen molar-refractivity contribution in [1.29, 1.82) is 0 Å². The summed E-state index contributed by atoms with van der Waals surface area (Å²) in [6.07, 6.45) is 7.08. The fraction of sp³-hybridized carbons (Fsp3) is 0.355. The quantitative estimate of drug-likeness (QED) is 0.371. The standard InChI is InChI=1S/C31H34N2O3/c34-23-28-21-27(25-9-5-2-6-10-25)13-16-30(28)36-29-14-11-26(12-15-29)31(35)33-19-17-32(18-20-33)22-24-7-3-1-4-8-24/h1,3-4,7-8,11-16,21,23,25H,2,5-6,9-10,17-20,22H2. The number of carbonyl (C=O) groups excluding carboxylic acids is 2. The smallest absolute Gasteiger partial charge is 0.253 e. The highest BCUT2D eigenvalue weighted by molar-refractivity contribution is 5.94. The Kier molecular flexibility index (Phi) is 7.77. The summed E-state index contributed by atoms with van der Waals surface area (Å²) in [5.74, 6) is 1.76. The van der Waals surface area contributed by atoms with Crippen molar-refractivity contribution in [3.8, 4) is 11.5 Å². The fourth-order valence-electron chi connectivity index (χ4n) is 5.37. The van der Waals surface area contributed by atoms with Crippen molar-refractivity contribution in [3.05, 3.63) is 95.1 Å². The molecule has 0 spiro atoms. The molecule has 0 atom stereocenters. The Hall–Kier alpha value is -3.44. The number of nitrogens with zero attached hydrogens (tertiary/aromatic N) is 2. The van der Waals surface area contributed by atoms with Crippen LogP contribution in [0.2, 0.25) is 0 Å². The predicted octanol–water partition coefficient (Wildman–Crippen LogP) is 6.30. The molecule has 0 N–H and O–H groups in total. The Bertz CT molecular complexity index is 1160. The van der Waals surface area contributed by atoms with Crippen molar-refractivity contribution >= 4 is 12.2 Å². The first-order valence-corrected chi connectivity index (χ1v) is 13.1. The number of carbonyl (C=O) groups is 2. The summed E-state index contributed by atoms with van der Waals surface area (Å²) in [5, 5.41) is 0. The lowest BCUT2D eigenvalue weighted by molar-refractivity contribution is 0.0628. The molecule has 36 heavy (non-hydrogen) atoms. The highest BCUT2D eigenvalue weighted by Gasteiger charge is 2.22. The summed E-state index contributed by atoms with van der Waals surface area (Å²) in [7, 11) is 0. The summed E-state index contributed by atoms with van der Waals surface area (Å²) >= 11 is 0. The van der Waals surface area contributed by atoms with E-state index in [1.807, 2.05) is 47.4 Å². The second kappa shape index (κ2) is 11.5. The third-order valence-electron chi connectivity index (χ3n) is 7.47. The van der Waals surface area contributed by atoms with Crippen molar-refractivity contribution in [2.75, 3.05) is 26.2 Å². The second-order valence-corrected chi connectivity index (χ2v) is 9.93. The number of hydrogen-bond donors (Lipinski definition) is 0. The minimum Gasteiger partial charge on any atom is -0.457 e. The molecule has 0 bridgehead atoms. The van der Waals surface area contributed by atoms with E-state index in [2.05, 4.69) is 35.2 Å². The van der Waals surface area contributed by atoms with Crippen molar-refractivity contribution < 1.29 is 14.3 Å². The molecule has 5 heteroatoms. The molecule has 3 aromatic carbocycles. The minimum absolute atomic E-state index is 0.0475. The molecule has 0 unspecified atom stereocenters. The van der Waals surface area contributed by atoms with Gasteiger partial charge in [0.15, 0.2) is 6.29 Å². The third-order valence-corrected chi connectivity index (χ3v) is 7.47. The Balaban J connectivity index is 1.17. The lowest BCUT2D eigenvalue weighted by Crippen LogP contribution is -2.48. The maximum absolute atomic E-state index is 13.0. The predicted molar refractivity (Wildman–Crippen MR) is 142 cm³/mol. The molecule has 1 saturated heterocycles. The molecule has 3 aromatic rings. The van der Waals surface area contributed by atoms with Gasteiger partial charge in [0.05, 0.1) is 5.56 Å². The molecule has 1 amide bonds. The first-order valence-electron chi connectivity index (χ1n) is 13.1. The lowest BCUT2D eigenvalue weighted by atomic mass is 9.83. The van der Waals surface area contributed by atoms with Crippen LogP contribution in [0, 0.1) is 0 Å². The molecular formula is C31H34N2O3. The van der Waals surface area contributed by atoms with E-state index in [1.165, 1.54) is 43.2 Å². The van der Waals surface area contributed by atoms with Crippen molar-refractivity contribution in [2.45, 2.75) is 44.6 Å². The molecule has 1 heterocycles. The van der Waals surface area contributed by atoms with Gasteiger partial charge in [-0.15, -0.1) is 0 Å². The zero-order chi connectivity index (χ0) is 24.7. The van der Waals surface area contributed by atoms with Crippen LogP contribution < -0.4 is 4.74 Å². The SMILES string of the molecule is O=Cc1cc(C2CCCCC2)ccc1Oc1ccc(C(=O)N2CCN(Cc3ccccc3)CC2)cc1. The van der Waals surface area contributed by atoms with Crippen LogP contribution in [0.3, 0.4) is 0 Å². The summed E-state index contributed by atoms with van der Waals surface area (Å²) in [6, 6.07) is 23.7. The van der Waals surface area contributed by atoms with Gasteiger partial charge in [-0.05, 0) is 66.3 Å². The topological polar surface area (TPSA) is 49.9 Å². The van der Waals surface area contributed by atoms with Gasteiger partial charge in [-0.1, -0.05) is 55.7 Å². The van der Waals surface area contributed by atoms with Gasteiger partial charge in [0.2, 0.25) is 0 Å². The number of hydrogen-bond acceptors (Lipinski definition) is 4. The third kappa shape index (κ3) is 5.85. The van der Waals surface area contributed by atoms with Crippen molar-refractivity contribution in [1.82, 2.24) is 9.80 Å². The maximum atomic E-state index is 13.0. The van der Waals surface area contributed by atoms with Gasteiger partial charge in [-0.2, -0.15) is 0 Å². The van der Waals surface area contributed by atoms with Gasteiger partial charge >= 0.3 is 0 Å². The van der Waals surface area contributed by atoms with Gasteiger partial charge in [-0.25, -0.2) is 0 Å². The zero-order valence-corrected chi connectivity index (χ0v) is 20.8. The van der Waals surface area contributed by atoms with Crippen LogP contribution in [0.1, 0.15) is 69.9 Å². The Labute approximate surface area is 213 Å². The van der Waals surface area contributed by atoms with E-state index < -0.39 is 0 Å². The van der Waals surface area contributed by atoms with E-state index in [0.29, 0.717) is 28.5 Å². The number of aldehydes is 1. The van der Waals surface area contributed by atoms with Crippen LogP contribution >= 0.6 is 0 Å². The highest BCUT2D eigenvalue weighted by Crippen LogP contribution is 2.35. The zero-order valence-electron chi connectivity index (χ0n) is 20.8. The van der Waals surface area contributed by atoms with Crippen molar-refractivity contribution in [2.24, 2.45) is 0 Å². The maximum Gasteiger partial charge on any atom is 0.253 e. The largest absolute Gasteiger partial charge is 0.457 e. The van der Waals surface area contributed by atoms with Crippen LogP contribution in [0.5, 0.6) is 11.5 Å². The van der Waals surface area contributed by atoms with Crippen LogP contribution in [-0.2, 0) is 6.54 Å². The average molecular weight is 483 g/mol. The van der Waals surface area contributed by atoms with E-state index in [4.69, 9.17) is 4.74 Å². The van der Waals surface area contributed by atoms with Crippen LogP contribution in [0.4, 0.5) is 0 Å². The molecular weight excluding hydrogens is 448 g/mol. The number of rotatable bonds is 7. The summed E-state index contributed by atoms with van der Waals surface area (Å²) in [5.41, 5.74) is 3.76. The lowest BCUT2D eigenvalue weighted by Gasteiger charge is -2.34. The minimum atomic E-state index is 0.0475. The summed E-state index contributed by atoms with van der Waals surface area (Å²) in [4.78, 5) is 29.1. The molecule has 2 aliphatic rings.